The molecule has 0 aliphatic carbocycles. The molecule has 3 aromatic carbocycles. The minimum Gasteiger partial charge on any atom is -0.490 e. The lowest BCUT2D eigenvalue weighted by molar-refractivity contribution is -0.344. The monoisotopic (exact) mass is 419 g/mol. The Labute approximate surface area is 176 Å². The van der Waals surface area contributed by atoms with Crippen molar-refractivity contribution in [3.05, 3.63) is 95.2 Å². The number of aromatic amines is 1. The van der Waals surface area contributed by atoms with Crippen molar-refractivity contribution in [3.63, 3.8) is 0 Å². The Hall–Kier alpha value is -3.80. The van der Waals surface area contributed by atoms with Crippen molar-refractivity contribution < 1.29 is 22.9 Å². The first-order valence-electron chi connectivity index (χ1n) is 9.73. The lowest BCUT2D eigenvalue weighted by Gasteiger charge is -2.12. The van der Waals surface area contributed by atoms with Crippen LogP contribution in [0.5, 0.6) is 5.75 Å². The Kier molecular flexibility index (Phi) is 4.43. The molecule has 6 heteroatoms. The molecule has 0 radical (unpaired) electrons. The Balaban J connectivity index is 1.79. The van der Waals surface area contributed by atoms with Crippen LogP contribution in [0, 0.1) is 0 Å². The predicted molar refractivity (Wildman–Crippen MR) is 115 cm³/mol. The van der Waals surface area contributed by atoms with Gasteiger partial charge in [0.2, 0.25) is 0 Å². The van der Waals surface area contributed by atoms with Gasteiger partial charge >= 0.3 is 6.18 Å². The van der Waals surface area contributed by atoms with E-state index in [1.54, 1.807) is 7.11 Å². The Morgan fingerprint density at radius 1 is 0.935 bits per heavy atom. The van der Waals surface area contributed by atoms with Crippen molar-refractivity contribution in [2.45, 2.75) is 6.18 Å². The summed E-state index contributed by atoms with van der Waals surface area (Å²) in [6.45, 7) is 0. The van der Waals surface area contributed by atoms with Gasteiger partial charge in [-0.05, 0) is 35.9 Å². The Morgan fingerprint density at radius 3 is 2.45 bits per heavy atom. The number of fused-ring (bicyclic) bond motifs is 2. The maximum atomic E-state index is 13.1. The molecular formula is C25H18F3N2O+. The van der Waals surface area contributed by atoms with Crippen molar-refractivity contribution in [2.24, 2.45) is 0 Å². The van der Waals surface area contributed by atoms with Crippen LogP contribution >= 0.6 is 0 Å². The quantitative estimate of drug-likeness (QED) is 0.485. The third-order valence-corrected chi connectivity index (χ3v) is 5.53. The van der Waals surface area contributed by atoms with Gasteiger partial charge in [-0.3, -0.25) is 0 Å². The Morgan fingerprint density at radius 2 is 1.71 bits per heavy atom. The molecule has 5 rings (SSSR count). The molecule has 1 aromatic heterocycles. The number of allylic oxidation sites excluding steroid dienone is 1. The molecule has 154 valence electrons. The summed E-state index contributed by atoms with van der Waals surface area (Å²) < 4.78 is 44.9. The van der Waals surface area contributed by atoms with E-state index in [-0.39, 0.29) is 0 Å². The smallest absolute Gasteiger partial charge is 0.416 e. The number of para-hydroxylation sites is 2. The van der Waals surface area contributed by atoms with Crippen LogP contribution in [0.2, 0.25) is 0 Å². The van der Waals surface area contributed by atoms with Gasteiger partial charge in [0, 0.05) is 28.2 Å². The molecule has 0 bridgehead atoms. The molecule has 0 fully saturated rings. The van der Waals surface area contributed by atoms with Crippen LogP contribution in [0.1, 0.15) is 22.3 Å². The summed E-state index contributed by atoms with van der Waals surface area (Å²) in [4.78, 5) is 6.54. The van der Waals surface area contributed by atoms with Gasteiger partial charge in [0.25, 0.3) is 5.69 Å². The highest BCUT2D eigenvalue weighted by Gasteiger charge is 2.31. The number of hydrogen-bond donors (Lipinski definition) is 2. The number of methoxy groups -OCH3 is 1. The first kappa shape index (κ1) is 19.2. The highest BCUT2D eigenvalue weighted by molar-refractivity contribution is 6.25. The highest BCUT2D eigenvalue weighted by Crippen LogP contribution is 2.40. The van der Waals surface area contributed by atoms with Gasteiger partial charge in [0.15, 0.2) is 12.0 Å². The number of benzene rings is 3. The molecular weight excluding hydrogens is 401 g/mol. The summed E-state index contributed by atoms with van der Waals surface area (Å²) >= 11 is 0. The van der Waals surface area contributed by atoms with E-state index in [9.17, 15) is 13.2 Å². The lowest BCUT2D eigenvalue weighted by atomic mass is 9.89. The molecule has 3 nitrogen and oxygen atoms in total. The SMILES string of the molecule is COc1cccc2c1[NH+]=CC2=C(c1ccc(C(F)(F)F)cc1)c1c[nH]c2ccccc12. The van der Waals surface area contributed by atoms with Crippen LogP contribution in [-0.4, -0.2) is 18.3 Å². The zero-order valence-corrected chi connectivity index (χ0v) is 16.5. The molecule has 0 unspecified atom stereocenters. The van der Waals surface area contributed by atoms with E-state index in [1.165, 1.54) is 12.1 Å². The second-order valence-electron chi connectivity index (χ2n) is 7.28. The van der Waals surface area contributed by atoms with Gasteiger partial charge in [-0.25, -0.2) is 4.99 Å². The van der Waals surface area contributed by atoms with E-state index in [2.05, 4.69) is 9.98 Å². The molecule has 0 amide bonds. The molecule has 1 aliphatic rings. The summed E-state index contributed by atoms with van der Waals surface area (Å²) in [6, 6.07) is 18.9. The van der Waals surface area contributed by atoms with E-state index in [4.69, 9.17) is 4.74 Å². The average Bonchev–Trinajstić information content (AvgIpc) is 3.39. The van der Waals surface area contributed by atoms with Crippen molar-refractivity contribution >= 4 is 34.0 Å². The molecule has 2 heterocycles. The third-order valence-electron chi connectivity index (χ3n) is 5.53. The summed E-state index contributed by atoms with van der Waals surface area (Å²) in [5.74, 6) is 0.703. The molecule has 0 saturated heterocycles. The zero-order chi connectivity index (χ0) is 21.6. The standard InChI is InChI=1S/C25H17F3N2O/c1-31-22-8-4-6-18-20(14-30-24(18)22)23(15-9-11-16(12-10-15)25(26,27)28)19-13-29-21-7-3-2-5-17(19)21/h2-14,29H,1H3/p+1. The molecule has 0 saturated carbocycles. The zero-order valence-electron chi connectivity index (χ0n) is 16.5. The number of nitrogens with one attached hydrogen (secondary N) is 2. The molecule has 0 atom stereocenters. The van der Waals surface area contributed by atoms with Gasteiger partial charge < -0.3 is 9.72 Å². The van der Waals surface area contributed by atoms with Crippen molar-refractivity contribution in [1.29, 1.82) is 0 Å². The Bertz CT molecular complexity index is 1350. The predicted octanol–water partition coefficient (Wildman–Crippen LogP) is 4.95. The summed E-state index contributed by atoms with van der Waals surface area (Å²) in [7, 11) is 1.61. The van der Waals surface area contributed by atoms with E-state index < -0.39 is 11.7 Å². The number of halogens is 3. The van der Waals surface area contributed by atoms with E-state index in [1.807, 2.05) is 54.9 Å². The van der Waals surface area contributed by atoms with Crippen LogP contribution in [-0.2, 0) is 6.18 Å². The summed E-state index contributed by atoms with van der Waals surface area (Å²) in [5.41, 5.74) is 5.39. The number of hydrogen-bond acceptors (Lipinski definition) is 1. The van der Waals surface area contributed by atoms with Crippen molar-refractivity contribution in [3.8, 4) is 5.75 Å². The second kappa shape index (κ2) is 7.16. The first-order chi connectivity index (χ1) is 15.0. The van der Waals surface area contributed by atoms with E-state index in [0.717, 1.165) is 51.0 Å². The van der Waals surface area contributed by atoms with Gasteiger partial charge in [0.1, 0.15) is 0 Å². The average molecular weight is 419 g/mol. The molecule has 1 aliphatic heterocycles. The molecule has 2 N–H and O–H groups in total. The normalized spacial score (nSPS) is 14.7. The lowest BCUT2D eigenvalue weighted by Crippen LogP contribution is -2.59. The molecule has 4 aromatic rings. The van der Waals surface area contributed by atoms with Crippen molar-refractivity contribution in [2.75, 3.05) is 7.11 Å². The minimum absolute atomic E-state index is 0.671. The fraction of sp³-hybridized carbons (Fsp3) is 0.0800. The fourth-order valence-corrected chi connectivity index (χ4v) is 4.06. The molecule has 31 heavy (non-hydrogen) atoms. The number of alkyl halides is 3. The van der Waals surface area contributed by atoms with Crippen LogP contribution in [0.3, 0.4) is 0 Å². The van der Waals surface area contributed by atoms with Crippen LogP contribution in [0.4, 0.5) is 18.9 Å². The summed E-state index contributed by atoms with van der Waals surface area (Å²) in [5, 5.41) is 0.995. The second-order valence-corrected chi connectivity index (χ2v) is 7.28. The first-order valence-corrected chi connectivity index (χ1v) is 9.73. The third kappa shape index (κ3) is 3.20. The van der Waals surface area contributed by atoms with Crippen molar-refractivity contribution in [1.82, 2.24) is 4.98 Å². The van der Waals surface area contributed by atoms with Crippen LogP contribution in [0.25, 0.3) is 22.0 Å². The number of ether oxygens (including phenoxy) is 1. The highest BCUT2D eigenvalue weighted by atomic mass is 19.4. The molecule has 0 spiro atoms. The van der Waals surface area contributed by atoms with Gasteiger partial charge in [-0.1, -0.05) is 36.4 Å². The van der Waals surface area contributed by atoms with Gasteiger partial charge in [0.05, 0.1) is 23.8 Å². The largest absolute Gasteiger partial charge is 0.490 e. The summed E-state index contributed by atoms with van der Waals surface area (Å²) in [6.07, 6.45) is -0.605. The topological polar surface area (TPSA) is 39.0 Å². The van der Waals surface area contributed by atoms with Gasteiger partial charge in [-0.2, -0.15) is 13.2 Å². The van der Waals surface area contributed by atoms with Crippen LogP contribution < -0.4 is 9.73 Å². The number of aromatic nitrogens is 1. The van der Waals surface area contributed by atoms with E-state index >= 15 is 0 Å². The van der Waals surface area contributed by atoms with E-state index in [0.29, 0.717) is 11.3 Å². The van der Waals surface area contributed by atoms with Gasteiger partial charge in [-0.15, -0.1) is 0 Å². The maximum absolute atomic E-state index is 13.1. The maximum Gasteiger partial charge on any atom is 0.416 e. The minimum atomic E-state index is -4.38. The fourth-order valence-electron chi connectivity index (χ4n) is 4.06. The van der Waals surface area contributed by atoms with Crippen LogP contribution in [0.15, 0.2) is 72.9 Å². The number of H-pyrrole nitrogens is 1. The number of rotatable bonds is 3.